The van der Waals surface area contributed by atoms with Crippen molar-refractivity contribution in [2.45, 2.75) is 40.0 Å². The number of unbranched alkanes of at least 4 members (excludes halogenated alkanes) is 1. The zero-order chi connectivity index (χ0) is 14.5. The van der Waals surface area contributed by atoms with E-state index in [9.17, 15) is 9.59 Å². The summed E-state index contributed by atoms with van der Waals surface area (Å²) in [6, 6.07) is 2.27. The molecule has 0 saturated carbocycles. The van der Waals surface area contributed by atoms with Crippen molar-refractivity contribution in [2.75, 3.05) is 26.2 Å². The molecule has 1 saturated heterocycles. The number of rotatable bonds is 6. The van der Waals surface area contributed by atoms with Gasteiger partial charge in [-0.3, -0.25) is 9.59 Å². The van der Waals surface area contributed by atoms with Crippen LogP contribution in [0.5, 0.6) is 0 Å². The molecule has 0 aromatic heterocycles. The summed E-state index contributed by atoms with van der Waals surface area (Å²) >= 11 is 0. The highest BCUT2D eigenvalue weighted by atomic mass is 16.2. The third kappa shape index (κ3) is 4.55. The van der Waals surface area contributed by atoms with Gasteiger partial charge in [-0.05, 0) is 33.6 Å². The summed E-state index contributed by atoms with van der Waals surface area (Å²) < 4.78 is 0. The molecule has 5 nitrogen and oxygen atoms in total. The zero-order valence-corrected chi connectivity index (χ0v) is 12.1. The van der Waals surface area contributed by atoms with Crippen LogP contribution in [0.4, 0.5) is 0 Å². The Balaban J connectivity index is 2.33. The van der Waals surface area contributed by atoms with Crippen molar-refractivity contribution in [3.05, 3.63) is 0 Å². The fourth-order valence-electron chi connectivity index (χ4n) is 2.12. The number of carbonyl (C=O) groups is 2. The molecule has 1 aliphatic heterocycles. The Hall–Kier alpha value is -1.57. The van der Waals surface area contributed by atoms with E-state index >= 15 is 0 Å². The van der Waals surface area contributed by atoms with Gasteiger partial charge in [-0.1, -0.05) is 6.42 Å². The van der Waals surface area contributed by atoms with Crippen molar-refractivity contribution < 1.29 is 9.59 Å². The van der Waals surface area contributed by atoms with E-state index in [1.807, 2.05) is 20.8 Å². The van der Waals surface area contributed by atoms with E-state index in [2.05, 4.69) is 6.07 Å². The van der Waals surface area contributed by atoms with Crippen LogP contribution in [-0.4, -0.2) is 47.8 Å². The van der Waals surface area contributed by atoms with Gasteiger partial charge in [-0.2, -0.15) is 5.26 Å². The molecule has 0 N–H and O–H groups in total. The Morgan fingerprint density at radius 1 is 1.16 bits per heavy atom. The first-order chi connectivity index (χ1) is 8.89. The van der Waals surface area contributed by atoms with Crippen LogP contribution >= 0.6 is 0 Å². The number of piperazine rings is 1. The Kier molecular flexibility index (Phi) is 5.34. The van der Waals surface area contributed by atoms with Crippen LogP contribution < -0.4 is 0 Å². The van der Waals surface area contributed by atoms with Gasteiger partial charge in [-0.15, -0.1) is 0 Å². The topological polar surface area (TPSA) is 64.4 Å². The van der Waals surface area contributed by atoms with E-state index in [4.69, 9.17) is 5.26 Å². The number of nitriles is 1. The Labute approximate surface area is 115 Å². The van der Waals surface area contributed by atoms with Gasteiger partial charge in [0.15, 0.2) is 0 Å². The lowest BCUT2D eigenvalue weighted by atomic mass is 9.89. The van der Waals surface area contributed by atoms with Gasteiger partial charge < -0.3 is 9.80 Å². The van der Waals surface area contributed by atoms with Crippen molar-refractivity contribution in [1.82, 2.24) is 9.80 Å². The lowest BCUT2D eigenvalue weighted by Gasteiger charge is -2.33. The smallest absolute Gasteiger partial charge is 0.242 e. The predicted octanol–water partition coefficient (Wildman–Crippen LogP) is 1.40. The molecule has 0 aromatic carbocycles. The first-order valence-corrected chi connectivity index (χ1v) is 6.86. The Morgan fingerprint density at radius 2 is 1.74 bits per heavy atom. The molecule has 1 aliphatic rings. The standard InChI is InChI=1S/C14H23N3O2/c1-4-16-9-13(19)17(10-12(16)18)8-6-5-7-14(2,3)11-15/h4-10H2,1-3H3. The first-order valence-electron chi connectivity index (χ1n) is 6.86. The first kappa shape index (κ1) is 15.5. The molecule has 2 amide bonds. The van der Waals surface area contributed by atoms with Gasteiger partial charge in [0, 0.05) is 13.1 Å². The molecule has 0 radical (unpaired) electrons. The number of likely N-dealkylation sites (N-methyl/N-ethyl adjacent to an activating group) is 1. The summed E-state index contributed by atoms with van der Waals surface area (Å²) in [7, 11) is 0. The van der Waals surface area contributed by atoms with E-state index < -0.39 is 0 Å². The van der Waals surface area contributed by atoms with Gasteiger partial charge in [0.2, 0.25) is 11.8 Å². The SMILES string of the molecule is CCN1CC(=O)N(CCCCC(C)(C)C#N)CC1=O. The minimum Gasteiger partial charge on any atom is -0.332 e. The molecule has 0 atom stereocenters. The van der Waals surface area contributed by atoms with Crippen molar-refractivity contribution in [3.8, 4) is 6.07 Å². The summed E-state index contributed by atoms with van der Waals surface area (Å²) in [5.41, 5.74) is -0.305. The predicted molar refractivity (Wildman–Crippen MR) is 72.1 cm³/mol. The molecule has 0 spiro atoms. The maximum absolute atomic E-state index is 11.8. The van der Waals surface area contributed by atoms with Gasteiger partial charge in [0.1, 0.15) is 0 Å². The third-order valence-electron chi connectivity index (χ3n) is 3.52. The van der Waals surface area contributed by atoms with Crippen molar-refractivity contribution in [1.29, 1.82) is 5.26 Å². The van der Waals surface area contributed by atoms with Crippen molar-refractivity contribution in [3.63, 3.8) is 0 Å². The van der Waals surface area contributed by atoms with E-state index in [0.29, 0.717) is 13.1 Å². The zero-order valence-electron chi connectivity index (χ0n) is 12.1. The van der Waals surface area contributed by atoms with Crippen LogP contribution in [0.3, 0.4) is 0 Å². The molecule has 106 valence electrons. The maximum Gasteiger partial charge on any atom is 0.242 e. The summed E-state index contributed by atoms with van der Waals surface area (Å²) in [5, 5.41) is 8.91. The number of amides is 2. The van der Waals surface area contributed by atoms with E-state index in [1.54, 1.807) is 9.80 Å². The van der Waals surface area contributed by atoms with Gasteiger partial charge in [0.05, 0.1) is 24.6 Å². The molecule has 1 rings (SSSR count). The number of hydrogen-bond acceptors (Lipinski definition) is 3. The monoisotopic (exact) mass is 265 g/mol. The number of carbonyl (C=O) groups excluding carboxylic acids is 2. The highest BCUT2D eigenvalue weighted by molar-refractivity contribution is 5.92. The van der Waals surface area contributed by atoms with Crippen LogP contribution in [-0.2, 0) is 9.59 Å². The van der Waals surface area contributed by atoms with Gasteiger partial charge in [-0.25, -0.2) is 0 Å². The molecule has 0 aromatic rings. The summed E-state index contributed by atoms with van der Waals surface area (Å²) in [6.45, 7) is 7.33. The lowest BCUT2D eigenvalue weighted by molar-refractivity contribution is -0.149. The molecule has 5 heteroatoms. The molecular formula is C14H23N3O2. The summed E-state index contributed by atoms with van der Waals surface area (Å²) in [4.78, 5) is 26.8. The molecule has 1 fully saturated rings. The Bertz CT molecular complexity index is 385. The second-order valence-electron chi connectivity index (χ2n) is 5.68. The minimum absolute atomic E-state index is 0.0273. The fraction of sp³-hybridized carbons (Fsp3) is 0.786. The van der Waals surface area contributed by atoms with Crippen LogP contribution in [0, 0.1) is 16.7 Å². The van der Waals surface area contributed by atoms with Gasteiger partial charge in [0.25, 0.3) is 0 Å². The summed E-state index contributed by atoms with van der Waals surface area (Å²) in [6.07, 6.45) is 2.56. The van der Waals surface area contributed by atoms with Crippen LogP contribution in [0.15, 0.2) is 0 Å². The summed E-state index contributed by atoms with van der Waals surface area (Å²) in [5.74, 6) is 0.0560. The molecule has 0 aliphatic carbocycles. The highest BCUT2D eigenvalue weighted by Gasteiger charge is 2.28. The largest absolute Gasteiger partial charge is 0.332 e. The van der Waals surface area contributed by atoms with E-state index in [0.717, 1.165) is 19.3 Å². The van der Waals surface area contributed by atoms with E-state index in [1.165, 1.54) is 0 Å². The molecule has 0 unspecified atom stereocenters. The van der Waals surface area contributed by atoms with Gasteiger partial charge >= 0.3 is 0 Å². The minimum atomic E-state index is -0.305. The normalized spacial score (nSPS) is 16.7. The number of hydrogen-bond donors (Lipinski definition) is 0. The average Bonchev–Trinajstić information content (AvgIpc) is 2.38. The molecule has 19 heavy (non-hydrogen) atoms. The number of nitrogens with zero attached hydrogens (tertiary/aromatic N) is 3. The molecule has 0 bridgehead atoms. The fourth-order valence-corrected chi connectivity index (χ4v) is 2.12. The lowest BCUT2D eigenvalue weighted by Crippen LogP contribution is -2.53. The third-order valence-corrected chi connectivity index (χ3v) is 3.52. The quantitative estimate of drug-likeness (QED) is 0.682. The Morgan fingerprint density at radius 3 is 2.32 bits per heavy atom. The van der Waals surface area contributed by atoms with Crippen molar-refractivity contribution in [2.24, 2.45) is 5.41 Å². The second kappa shape index (κ2) is 6.55. The van der Waals surface area contributed by atoms with Crippen LogP contribution in [0.1, 0.15) is 40.0 Å². The average molecular weight is 265 g/mol. The van der Waals surface area contributed by atoms with Crippen molar-refractivity contribution >= 4 is 11.8 Å². The molecule has 1 heterocycles. The maximum atomic E-state index is 11.8. The van der Waals surface area contributed by atoms with E-state index in [-0.39, 0.29) is 30.3 Å². The second-order valence-corrected chi connectivity index (χ2v) is 5.68. The highest BCUT2D eigenvalue weighted by Crippen LogP contribution is 2.21. The van der Waals surface area contributed by atoms with Crippen LogP contribution in [0.25, 0.3) is 0 Å². The van der Waals surface area contributed by atoms with Crippen LogP contribution in [0.2, 0.25) is 0 Å². The molecular weight excluding hydrogens is 242 g/mol.